The highest BCUT2D eigenvalue weighted by molar-refractivity contribution is 5.69. The first-order chi connectivity index (χ1) is 32.9. The van der Waals surface area contributed by atoms with Gasteiger partial charge in [0.1, 0.15) is 11.7 Å². The SMILES string of the molecule is CCCCC/C=C\C/C=C\CCCCCCCCC(OC(=O)CCCCN(C)C)C(O)(CCCCCCCC/C=C\C/C=C\CCCCC)CCCCCCCC/C=C\C/C=C\CCCCC. The van der Waals surface area contributed by atoms with Crippen LogP contribution in [-0.4, -0.2) is 48.3 Å². The molecule has 0 rings (SSSR count). The first kappa shape index (κ1) is 64.8. The number of esters is 1. The molecule has 4 heteroatoms. The van der Waals surface area contributed by atoms with Gasteiger partial charge in [0.2, 0.25) is 0 Å². The first-order valence-electron chi connectivity index (χ1n) is 29.4. The van der Waals surface area contributed by atoms with E-state index < -0.39 is 11.7 Å². The Kier molecular flexibility index (Phi) is 51.5. The van der Waals surface area contributed by atoms with Crippen molar-refractivity contribution in [3.63, 3.8) is 0 Å². The van der Waals surface area contributed by atoms with Gasteiger partial charge in [0.05, 0.1) is 0 Å². The maximum atomic E-state index is 13.4. The van der Waals surface area contributed by atoms with Gasteiger partial charge in [-0.25, -0.2) is 0 Å². The van der Waals surface area contributed by atoms with Crippen molar-refractivity contribution >= 4 is 5.97 Å². The van der Waals surface area contributed by atoms with Crippen LogP contribution in [0.2, 0.25) is 0 Å². The Labute approximate surface area is 419 Å². The van der Waals surface area contributed by atoms with Crippen molar-refractivity contribution in [1.82, 2.24) is 4.90 Å². The van der Waals surface area contributed by atoms with Gasteiger partial charge < -0.3 is 14.7 Å². The molecule has 0 saturated carbocycles. The lowest BCUT2D eigenvalue weighted by Gasteiger charge is -2.36. The summed E-state index contributed by atoms with van der Waals surface area (Å²) in [7, 11) is 4.17. The predicted molar refractivity (Wildman–Crippen MR) is 299 cm³/mol. The van der Waals surface area contributed by atoms with Gasteiger partial charge in [0.25, 0.3) is 0 Å². The molecule has 1 atom stereocenters. The molecule has 0 amide bonds. The molecular weight excluding hydrogens is 819 g/mol. The van der Waals surface area contributed by atoms with Crippen molar-refractivity contribution in [3.8, 4) is 0 Å². The van der Waals surface area contributed by atoms with E-state index >= 15 is 0 Å². The van der Waals surface area contributed by atoms with Crippen LogP contribution in [0.1, 0.15) is 290 Å². The number of hydrogen-bond acceptors (Lipinski definition) is 4. The maximum Gasteiger partial charge on any atom is 0.306 e. The standard InChI is InChI=1S/C63H115NO3/c1-6-9-12-15-18-21-24-27-30-33-36-39-42-45-48-51-56-61(67-62(65)57-52-55-60-64(4)5)63(66,58-53-49-46-43-40-37-34-31-28-25-22-19-16-13-10-7-2)59-54-50-47-44-41-38-35-32-29-26-23-20-17-14-11-8-3/h18-23,27-32,61,66H,6-17,24-26,33-60H2,1-5H3/b21-18-,22-19-,23-20-,30-27-,31-28-,32-29-. The third kappa shape index (κ3) is 48.6. The van der Waals surface area contributed by atoms with Crippen LogP contribution in [0, 0.1) is 0 Å². The molecule has 4 nitrogen and oxygen atoms in total. The molecule has 0 bridgehead atoms. The lowest BCUT2D eigenvalue weighted by molar-refractivity contribution is -0.169. The van der Waals surface area contributed by atoms with Gasteiger partial charge in [-0.3, -0.25) is 4.79 Å². The van der Waals surface area contributed by atoms with Crippen LogP contribution in [0.25, 0.3) is 0 Å². The zero-order valence-electron chi connectivity index (χ0n) is 45.6. The summed E-state index contributed by atoms with van der Waals surface area (Å²) in [5.74, 6) is -0.115. The van der Waals surface area contributed by atoms with Crippen LogP contribution < -0.4 is 0 Å². The lowest BCUT2D eigenvalue weighted by Crippen LogP contribution is -2.45. The fraction of sp³-hybridized carbons (Fsp3) is 0.794. The Morgan fingerprint density at radius 3 is 1.07 bits per heavy atom. The summed E-state index contributed by atoms with van der Waals surface area (Å²) in [6.45, 7) is 7.77. The van der Waals surface area contributed by atoms with E-state index in [1.54, 1.807) is 0 Å². The number of carbonyl (C=O) groups excluding carboxylic acids is 1. The Balaban J connectivity index is 5.17. The Morgan fingerprint density at radius 1 is 0.418 bits per heavy atom. The maximum absolute atomic E-state index is 13.4. The number of ether oxygens (including phenoxy) is 1. The molecule has 0 aromatic heterocycles. The van der Waals surface area contributed by atoms with Crippen LogP contribution >= 0.6 is 0 Å². The monoisotopic (exact) mass is 934 g/mol. The summed E-state index contributed by atoms with van der Waals surface area (Å²) < 4.78 is 6.37. The molecule has 0 aliphatic heterocycles. The second kappa shape index (κ2) is 53.2. The van der Waals surface area contributed by atoms with Gasteiger partial charge in [0, 0.05) is 6.42 Å². The van der Waals surface area contributed by atoms with E-state index in [4.69, 9.17) is 4.74 Å². The van der Waals surface area contributed by atoms with Gasteiger partial charge in [-0.05, 0) is 155 Å². The minimum Gasteiger partial charge on any atom is -0.459 e. The number of hydrogen-bond donors (Lipinski definition) is 1. The molecule has 0 aliphatic rings. The molecule has 390 valence electrons. The molecule has 1 unspecified atom stereocenters. The highest BCUT2D eigenvalue weighted by atomic mass is 16.6. The van der Waals surface area contributed by atoms with E-state index in [1.165, 1.54) is 173 Å². The summed E-state index contributed by atoms with van der Waals surface area (Å²) in [6.07, 6.45) is 75.8. The molecule has 0 heterocycles. The average Bonchev–Trinajstić information content (AvgIpc) is 3.32. The third-order valence-electron chi connectivity index (χ3n) is 13.4. The van der Waals surface area contributed by atoms with Crippen molar-refractivity contribution < 1.29 is 14.6 Å². The minimum absolute atomic E-state index is 0.115. The highest BCUT2D eigenvalue weighted by Crippen LogP contribution is 2.32. The van der Waals surface area contributed by atoms with Crippen molar-refractivity contribution in [1.29, 1.82) is 0 Å². The van der Waals surface area contributed by atoms with Crippen LogP contribution in [0.3, 0.4) is 0 Å². The molecule has 67 heavy (non-hydrogen) atoms. The van der Waals surface area contributed by atoms with Crippen LogP contribution in [0.4, 0.5) is 0 Å². The number of carbonyl (C=O) groups is 1. The summed E-state index contributed by atoms with van der Waals surface area (Å²) >= 11 is 0. The van der Waals surface area contributed by atoms with Gasteiger partial charge in [-0.15, -0.1) is 0 Å². The zero-order valence-corrected chi connectivity index (χ0v) is 45.6. The minimum atomic E-state index is -0.944. The Morgan fingerprint density at radius 2 is 0.731 bits per heavy atom. The quantitative estimate of drug-likeness (QED) is 0.0375. The molecule has 0 aromatic carbocycles. The number of aliphatic hydroxyl groups is 1. The lowest BCUT2D eigenvalue weighted by atomic mass is 9.82. The number of nitrogens with zero attached hydrogens (tertiary/aromatic N) is 1. The molecule has 0 aliphatic carbocycles. The highest BCUT2D eigenvalue weighted by Gasteiger charge is 2.38. The van der Waals surface area contributed by atoms with Crippen molar-refractivity contribution in [2.24, 2.45) is 0 Å². The summed E-state index contributed by atoms with van der Waals surface area (Å²) in [5.41, 5.74) is -0.944. The molecule has 0 aromatic rings. The summed E-state index contributed by atoms with van der Waals surface area (Å²) in [6, 6.07) is 0. The smallest absolute Gasteiger partial charge is 0.306 e. The fourth-order valence-electron chi connectivity index (χ4n) is 8.96. The van der Waals surface area contributed by atoms with Crippen LogP contribution in [0.5, 0.6) is 0 Å². The summed E-state index contributed by atoms with van der Waals surface area (Å²) in [4.78, 5) is 15.6. The second-order valence-corrected chi connectivity index (χ2v) is 20.4. The molecule has 0 spiro atoms. The Bertz CT molecular complexity index is 1150. The molecule has 1 N–H and O–H groups in total. The predicted octanol–water partition coefficient (Wildman–Crippen LogP) is 20.0. The number of unbranched alkanes of at least 4 members (excludes halogenated alkanes) is 28. The van der Waals surface area contributed by atoms with E-state index in [2.05, 4.69) is 113 Å². The first-order valence-corrected chi connectivity index (χ1v) is 29.4. The van der Waals surface area contributed by atoms with Crippen molar-refractivity contribution in [3.05, 3.63) is 72.9 Å². The number of rotatable bonds is 52. The molecule has 0 radical (unpaired) electrons. The van der Waals surface area contributed by atoms with Crippen molar-refractivity contribution in [2.45, 2.75) is 302 Å². The van der Waals surface area contributed by atoms with Crippen molar-refractivity contribution in [2.75, 3.05) is 20.6 Å². The molecule has 0 fully saturated rings. The van der Waals surface area contributed by atoms with Gasteiger partial charge in [0.15, 0.2) is 0 Å². The largest absolute Gasteiger partial charge is 0.459 e. The molecule has 0 saturated heterocycles. The van der Waals surface area contributed by atoms with E-state index in [9.17, 15) is 9.90 Å². The van der Waals surface area contributed by atoms with Gasteiger partial charge in [-0.2, -0.15) is 0 Å². The van der Waals surface area contributed by atoms with E-state index in [-0.39, 0.29) is 5.97 Å². The van der Waals surface area contributed by atoms with E-state index in [1.807, 2.05) is 0 Å². The van der Waals surface area contributed by atoms with E-state index in [0.717, 1.165) is 96.4 Å². The normalized spacial score (nSPS) is 13.2. The van der Waals surface area contributed by atoms with Gasteiger partial charge >= 0.3 is 5.97 Å². The second-order valence-electron chi connectivity index (χ2n) is 20.4. The average molecular weight is 935 g/mol. The Hall–Kier alpha value is -2.17. The summed E-state index contributed by atoms with van der Waals surface area (Å²) in [5, 5.41) is 12.6. The van der Waals surface area contributed by atoms with Crippen LogP contribution in [-0.2, 0) is 9.53 Å². The van der Waals surface area contributed by atoms with Crippen LogP contribution in [0.15, 0.2) is 72.9 Å². The van der Waals surface area contributed by atoms with Gasteiger partial charge in [-0.1, -0.05) is 222 Å². The molecular formula is C63H115NO3. The topological polar surface area (TPSA) is 49.8 Å². The zero-order chi connectivity index (χ0) is 48.8. The fourth-order valence-corrected chi connectivity index (χ4v) is 8.96. The van der Waals surface area contributed by atoms with E-state index in [0.29, 0.717) is 6.42 Å². The third-order valence-corrected chi connectivity index (χ3v) is 13.4. The number of allylic oxidation sites excluding steroid dienone is 12.